The normalized spacial score (nSPS) is 11.1. The van der Waals surface area contributed by atoms with Gasteiger partial charge >= 0.3 is 0 Å². The summed E-state index contributed by atoms with van der Waals surface area (Å²) in [5.74, 6) is 0. The van der Waals surface area contributed by atoms with Gasteiger partial charge in [-0.25, -0.2) is 0 Å². The molecule has 0 fully saturated rings. The Bertz CT molecular complexity index is 1760. The first-order chi connectivity index (χ1) is 19.7. The van der Waals surface area contributed by atoms with Crippen LogP contribution in [0.2, 0.25) is 0 Å². The molecule has 6 heteroatoms. The van der Waals surface area contributed by atoms with Crippen LogP contribution in [-0.2, 0) is 12.6 Å². The van der Waals surface area contributed by atoms with Crippen LogP contribution in [0.5, 0.6) is 0 Å². The van der Waals surface area contributed by atoms with Crippen LogP contribution in [-0.4, -0.2) is 15.7 Å². The van der Waals surface area contributed by atoms with Crippen LogP contribution in [0, 0.1) is 9.81 Å². The van der Waals surface area contributed by atoms with Gasteiger partial charge in [0.15, 0.2) is 0 Å². The van der Waals surface area contributed by atoms with Gasteiger partial charge < -0.3 is 0 Å². The van der Waals surface area contributed by atoms with Crippen molar-refractivity contribution in [3.8, 4) is 33.4 Å². The van der Waals surface area contributed by atoms with Crippen molar-refractivity contribution in [1.82, 2.24) is 0 Å². The third-order valence-corrected chi connectivity index (χ3v) is 7.54. The van der Waals surface area contributed by atoms with Crippen LogP contribution in [0.25, 0.3) is 54.9 Å². The summed E-state index contributed by atoms with van der Waals surface area (Å²) in [5, 5.41) is 10.4. The highest BCUT2D eigenvalue weighted by Gasteiger charge is 2.21. The van der Waals surface area contributed by atoms with Gasteiger partial charge in [0.25, 0.3) is 0 Å². The van der Waals surface area contributed by atoms with Crippen molar-refractivity contribution in [3.63, 3.8) is 0 Å². The molecule has 6 aromatic carbocycles. The summed E-state index contributed by atoms with van der Waals surface area (Å²) in [5.41, 5.74) is 8.69. The molecule has 0 bridgehead atoms. The molecule has 0 unspecified atom stereocenters. The van der Waals surface area contributed by atoms with Gasteiger partial charge in [0.1, 0.15) is 11.4 Å². The maximum atomic E-state index is 11.1. The minimum absolute atomic E-state index is 0.297. The monoisotopic (exact) mass is 512 g/mol. The maximum absolute atomic E-state index is 11.1. The van der Waals surface area contributed by atoms with E-state index in [1.165, 1.54) is 0 Å². The predicted molar refractivity (Wildman–Crippen MR) is 168 cm³/mol. The van der Waals surface area contributed by atoms with Gasteiger partial charge in [0.05, 0.1) is 15.7 Å². The fraction of sp³-hybridized carbons (Fsp3) is 0.0588. The van der Waals surface area contributed by atoms with E-state index in [2.05, 4.69) is 46.8 Å². The fourth-order valence-corrected chi connectivity index (χ4v) is 5.69. The van der Waals surface area contributed by atoms with Crippen molar-refractivity contribution >= 4 is 48.6 Å². The van der Waals surface area contributed by atoms with Gasteiger partial charge in [-0.05, 0) is 113 Å². The summed E-state index contributed by atoms with van der Waals surface area (Å²) in [6.07, 6.45) is 0.594. The van der Waals surface area contributed by atoms with Crippen molar-refractivity contribution in [3.05, 3.63) is 130 Å². The second-order valence-corrected chi connectivity index (χ2v) is 9.68. The number of hydrogen-bond donors (Lipinski definition) is 0. The van der Waals surface area contributed by atoms with Gasteiger partial charge in [-0.15, -0.1) is 9.81 Å². The van der Waals surface area contributed by atoms with E-state index in [4.69, 9.17) is 15.7 Å². The maximum Gasteiger partial charge on any atom is 0.108 e. The molecule has 0 heterocycles. The topological polar surface area (TPSA) is 58.9 Å². The predicted octanol–water partition coefficient (Wildman–Crippen LogP) is 9.13. The second kappa shape index (κ2) is 10.7. The minimum atomic E-state index is 0.297. The van der Waals surface area contributed by atoms with Crippen LogP contribution in [0.1, 0.15) is 11.1 Å². The molecule has 0 spiro atoms. The Hall–Kier alpha value is -4.83. The lowest BCUT2D eigenvalue weighted by molar-refractivity contribution is 1.37. The van der Waals surface area contributed by atoms with Crippen molar-refractivity contribution in [2.45, 2.75) is 12.6 Å². The molecule has 40 heavy (non-hydrogen) atoms. The Morgan fingerprint density at radius 2 is 0.875 bits per heavy atom. The van der Waals surface area contributed by atoms with E-state index in [1.54, 1.807) is 24.3 Å². The first-order valence-electron chi connectivity index (χ1n) is 13.0. The highest BCUT2D eigenvalue weighted by Crippen LogP contribution is 2.46. The van der Waals surface area contributed by atoms with E-state index in [1.807, 2.05) is 48.5 Å². The van der Waals surface area contributed by atoms with Gasteiger partial charge in [0.2, 0.25) is 0 Å². The van der Waals surface area contributed by atoms with Gasteiger partial charge in [-0.2, -0.15) is 0 Å². The molecule has 0 aliphatic rings. The molecular formula is C34H22B2N2O2. The molecule has 4 nitrogen and oxygen atoms in total. The van der Waals surface area contributed by atoms with Crippen molar-refractivity contribution < 1.29 is 0 Å². The first kappa shape index (κ1) is 25.4. The van der Waals surface area contributed by atoms with E-state index in [9.17, 15) is 9.81 Å². The zero-order valence-electron chi connectivity index (χ0n) is 21.7. The fourth-order valence-electron chi connectivity index (χ4n) is 5.69. The van der Waals surface area contributed by atoms with Crippen molar-refractivity contribution in [2.75, 3.05) is 0 Å². The number of hydrogen-bond acceptors (Lipinski definition) is 4. The van der Waals surface area contributed by atoms with E-state index in [0.29, 0.717) is 24.0 Å². The highest BCUT2D eigenvalue weighted by molar-refractivity contribution is 6.17. The number of fused-ring (bicyclic) bond motifs is 2. The molecule has 0 aliphatic carbocycles. The quantitative estimate of drug-likeness (QED) is 0.158. The summed E-state index contributed by atoms with van der Waals surface area (Å²) in [6, 6.07) is 35.4. The molecule has 0 aromatic heterocycles. The summed E-state index contributed by atoms with van der Waals surface area (Å²) in [7, 11) is 13.1. The third-order valence-electron chi connectivity index (χ3n) is 7.54. The van der Waals surface area contributed by atoms with E-state index >= 15 is 0 Å². The molecule has 6 rings (SSSR count). The third kappa shape index (κ3) is 4.32. The van der Waals surface area contributed by atoms with Crippen LogP contribution in [0.3, 0.4) is 0 Å². The smallest absolute Gasteiger partial charge is 0.108 e. The SMILES string of the molecule is [B]Cc1c(-c2ccc(N=O)cc2)cc2ccccc2c1-c1c(C[B])c(-c2ccc(N=O)cc2)cc2ccccc12. The Labute approximate surface area is 234 Å². The molecule has 186 valence electrons. The summed E-state index contributed by atoms with van der Waals surface area (Å²) in [4.78, 5) is 22.1. The summed E-state index contributed by atoms with van der Waals surface area (Å²) in [6.45, 7) is 0. The van der Waals surface area contributed by atoms with Crippen molar-refractivity contribution in [1.29, 1.82) is 0 Å². The average molecular weight is 512 g/mol. The molecule has 0 saturated carbocycles. The molecule has 0 saturated heterocycles. The zero-order chi connectivity index (χ0) is 27.6. The van der Waals surface area contributed by atoms with Crippen LogP contribution >= 0.6 is 0 Å². The standard InChI is InChI=1S/C34H22B2N2O2/c35-19-31-29(21-9-13-25(37-39)14-10-21)17-23-5-1-3-7-27(23)33(31)34-28-8-4-2-6-24(28)18-30(32(34)20-36)22-11-15-26(38-40)16-12-22/h1-18H,19-20H2. The van der Waals surface area contributed by atoms with E-state index < -0.39 is 0 Å². The molecule has 0 N–H and O–H groups in total. The van der Waals surface area contributed by atoms with Crippen LogP contribution in [0.4, 0.5) is 11.4 Å². The zero-order valence-corrected chi connectivity index (χ0v) is 21.7. The highest BCUT2D eigenvalue weighted by atomic mass is 16.3. The van der Waals surface area contributed by atoms with Gasteiger partial charge in [0, 0.05) is 0 Å². The molecule has 6 aromatic rings. The summed E-state index contributed by atoms with van der Waals surface area (Å²) < 4.78 is 0. The molecule has 0 aliphatic heterocycles. The average Bonchev–Trinajstić information content (AvgIpc) is 3.03. The number of nitrogens with zero attached hydrogens (tertiary/aromatic N) is 2. The lowest BCUT2D eigenvalue weighted by atomic mass is 9.76. The second-order valence-electron chi connectivity index (χ2n) is 9.68. The van der Waals surface area contributed by atoms with E-state index in [0.717, 1.165) is 66.1 Å². The summed E-state index contributed by atoms with van der Waals surface area (Å²) >= 11 is 0. The van der Waals surface area contributed by atoms with Crippen LogP contribution in [0.15, 0.2) is 120 Å². The Morgan fingerprint density at radius 3 is 1.23 bits per heavy atom. The van der Waals surface area contributed by atoms with Gasteiger partial charge in [-0.1, -0.05) is 85.4 Å². The van der Waals surface area contributed by atoms with Crippen LogP contribution < -0.4 is 0 Å². The number of nitroso groups, excluding NO2 is 2. The largest absolute Gasteiger partial charge is 0.145 e. The van der Waals surface area contributed by atoms with Crippen molar-refractivity contribution in [2.24, 2.45) is 10.4 Å². The van der Waals surface area contributed by atoms with E-state index in [-0.39, 0.29) is 0 Å². The Balaban J connectivity index is 1.76. The molecular weight excluding hydrogens is 490 g/mol. The first-order valence-corrected chi connectivity index (χ1v) is 13.0. The molecule has 4 radical (unpaired) electrons. The lowest BCUT2D eigenvalue weighted by Crippen LogP contribution is -2.02. The number of rotatable bonds is 7. The number of benzene rings is 6. The Morgan fingerprint density at radius 1 is 0.500 bits per heavy atom. The lowest BCUT2D eigenvalue weighted by Gasteiger charge is -2.24. The Kier molecular flexibility index (Phi) is 6.83. The molecule has 0 amide bonds. The molecule has 0 atom stereocenters. The minimum Gasteiger partial charge on any atom is -0.145 e. The van der Waals surface area contributed by atoms with Gasteiger partial charge in [-0.3, -0.25) is 0 Å².